The molecule has 1 amide bonds. The minimum absolute atomic E-state index is 0.0329. The lowest BCUT2D eigenvalue weighted by molar-refractivity contribution is -0.126. The maximum absolute atomic E-state index is 14.8. The number of benzene rings is 1. The van der Waals surface area contributed by atoms with Crippen molar-refractivity contribution in [3.63, 3.8) is 0 Å². The zero-order valence-corrected chi connectivity index (χ0v) is 20.3. The molecule has 192 valence electrons. The number of hydrogen-bond donors (Lipinski definition) is 1. The third kappa shape index (κ3) is 5.39. The van der Waals surface area contributed by atoms with Gasteiger partial charge in [-0.2, -0.15) is 13.2 Å². The first-order valence-corrected chi connectivity index (χ1v) is 11.1. The molecule has 2 heterocycles. The van der Waals surface area contributed by atoms with Gasteiger partial charge in [-0.3, -0.25) is 9.59 Å². The first kappa shape index (κ1) is 27.2. The summed E-state index contributed by atoms with van der Waals surface area (Å²) in [6.45, 7) is 4.38. The lowest BCUT2D eigenvalue weighted by Gasteiger charge is -2.35. The van der Waals surface area contributed by atoms with Crippen LogP contribution in [0.1, 0.15) is 16.1 Å². The smallest absolute Gasteiger partial charge is 0.396 e. The van der Waals surface area contributed by atoms with Crippen molar-refractivity contribution in [1.82, 2.24) is 14.9 Å². The van der Waals surface area contributed by atoms with Crippen molar-refractivity contribution in [3.8, 4) is 0 Å². The fourth-order valence-electron chi connectivity index (χ4n) is 3.70. The van der Waals surface area contributed by atoms with Gasteiger partial charge in [0.05, 0.1) is 15.7 Å². The van der Waals surface area contributed by atoms with Crippen molar-refractivity contribution in [2.45, 2.75) is 6.18 Å². The summed E-state index contributed by atoms with van der Waals surface area (Å²) >= 11 is 11.7. The third-order valence-corrected chi connectivity index (χ3v) is 6.11. The molecule has 8 nitrogen and oxygen atoms in total. The van der Waals surface area contributed by atoms with E-state index in [9.17, 15) is 27.2 Å². The Kier molecular flexibility index (Phi) is 8.09. The number of nitrogens with two attached hydrogens (primary N) is 1. The maximum atomic E-state index is 14.8. The summed E-state index contributed by atoms with van der Waals surface area (Å²) in [7, 11) is 0.935. The molecule has 0 atom stereocenters. The van der Waals surface area contributed by atoms with Crippen LogP contribution in [0, 0.1) is 5.82 Å². The Hall–Kier alpha value is -3.38. The Labute approximate surface area is 213 Å². The number of nitrogens with zero attached hydrogens (tertiary/aromatic N) is 5. The summed E-state index contributed by atoms with van der Waals surface area (Å²) in [6.07, 6.45) is -1.91. The second-order valence-electron chi connectivity index (χ2n) is 7.63. The molecule has 1 aliphatic heterocycles. The summed E-state index contributed by atoms with van der Waals surface area (Å²) in [4.78, 5) is 35.0. The molecule has 1 aromatic heterocycles. The van der Waals surface area contributed by atoms with Gasteiger partial charge in [-0.05, 0) is 18.2 Å². The van der Waals surface area contributed by atoms with Gasteiger partial charge in [-0.1, -0.05) is 29.8 Å². The molecule has 36 heavy (non-hydrogen) atoms. The topological polar surface area (TPSA) is 95.7 Å². The van der Waals surface area contributed by atoms with Gasteiger partial charge in [0.1, 0.15) is 29.2 Å². The number of piperazine rings is 1. The van der Waals surface area contributed by atoms with E-state index in [2.05, 4.69) is 16.5 Å². The average molecular weight is 547 g/mol. The highest BCUT2D eigenvalue weighted by molar-refractivity contribution is 6.37. The molecule has 1 fully saturated rings. The Bertz CT molecular complexity index is 1200. The highest BCUT2D eigenvalue weighted by Crippen LogP contribution is 2.42. The number of hydrogen-bond acceptors (Lipinski definition) is 7. The molecule has 14 heteroatoms. The van der Waals surface area contributed by atoms with E-state index in [1.165, 1.54) is 4.90 Å². The van der Waals surface area contributed by atoms with Crippen LogP contribution in [0.3, 0.4) is 0 Å². The number of aldehydes is 1. The van der Waals surface area contributed by atoms with Crippen molar-refractivity contribution in [3.05, 3.63) is 57.9 Å². The van der Waals surface area contributed by atoms with Crippen LogP contribution >= 0.6 is 23.2 Å². The van der Waals surface area contributed by atoms with Gasteiger partial charge >= 0.3 is 6.18 Å². The Balaban J connectivity index is 2.14. The van der Waals surface area contributed by atoms with Gasteiger partial charge in [-0.25, -0.2) is 14.4 Å². The standard InChI is InChI=1S/C22H20Cl2F4N6O2/c1-3-17(36)33-4-6-34(7-5-33)21-12(15(10-35)30-11-31-21)8-16(22(26,27)28)32(2)20-18(25)13(23)9-14(24)19(20)29/h3,8-11H,1,4-7,29H2,2H3/b16-8-. The van der Waals surface area contributed by atoms with Crippen molar-refractivity contribution >= 4 is 58.7 Å². The van der Waals surface area contributed by atoms with Crippen LogP contribution in [-0.4, -0.2) is 66.5 Å². The van der Waals surface area contributed by atoms with Crippen LogP contribution in [-0.2, 0) is 4.79 Å². The molecule has 0 unspecified atom stereocenters. The maximum Gasteiger partial charge on any atom is 0.431 e. The number of amides is 1. The lowest BCUT2D eigenvalue weighted by Crippen LogP contribution is -2.48. The van der Waals surface area contributed by atoms with E-state index < -0.39 is 34.1 Å². The van der Waals surface area contributed by atoms with Crippen LogP contribution in [0.5, 0.6) is 0 Å². The first-order chi connectivity index (χ1) is 16.9. The normalized spacial score (nSPS) is 14.6. The highest BCUT2D eigenvalue weighted by atomic mass is 35.5. The number of alkyl halides is 3. The van der Waals surface area contributed by atoms with Gasteiger partial charge in [0.15, 0.2) is 12.1 Å². The van der Waals surface area contributed by atoms with Crippen molar-refractivity contribution in [2.75, 3.05) is 48.8 Å². The molecular formula is C22H20Cl2F4N6O2. The Morgan fingerprint density at radius 3 is 2.39 bits per heavy atom. The fourth-order valence-corrected chi connectivity index (χ4v) is 4.16. The summed E-state index contributed by atoms with van der Waals surface area (Å²) in [5.41, 5.74) is 2.68. The van der Waals surface area contributed by atoms with E-state index >= 15 is 0 Å². The largest absolute Gasteiger partial charge is 0.431 e. The molecule has 0 bridgehead atoms. The zero-order chi connectivity index (χ0) is 26.8. The first-order valence-electron chi connectivity index (χ1n) is 10.3. The van der Waals surface area contributed by atoms with Crippen LogP contribution in [0.15, 0.2) is 30.7 Å². The number of carbonyl (C=O) groups is 2. The van der Waals surface area contributed by atoms with Gasteiger partial charge in [0.2, 0.25) is 5.91 Å². The molecular weight excluding hydrogens is 527 g/mol. The lowest BCUT2D eigenvalue weighted by atomic mass is 10.1. The van der Waals surface area contributed by atoms with E-state index in [0.717, 1.165) is 25.5 Å². The van der Waals surface area contributed by atoms with Crippen LogP contribution in [0.25, 0.3) is 6.08 Å². The number of nitrogen functional groups attached to an aromatic ring is 1. The van der Waals surface area contributed by atoms with E-state index in [1.807, 2.05) is 0 Å². The Morgan fingerprint density at radius 1 is 1.19 bits per heavy atom. The van der Waals surface area contributed by atoms with E-state index in [1.54, 1.807) is 4.90 Å². The second kappa shape index (κ2) is 10.7. The number of halogens is 6. The molecule has 3 rings (SSSR count). The Morgan fingerprint density at radius 2 is 1.83 bits per heavy atom. The monoisotopic (exact) mass is 546 g/mol. The molecule has 1 aliphatic rings. The van der Waals surface area contributed by atoms with Crippen molar-refractivity contribution in [1.29, 1.82) is 0 Å². The van der Waals surface area contributed by atoms with Crippen LogP contribution in [0.4, 0.5) is 34.8 Å². The molecule has 0 radical (unpaired) electrons. The molecule has 1 saturated heterocycles. The number of rotatable bonds is 6. The summed E-state index contributed by atoms with van der Waals surface area (Å²) in [6, 6.07) is 0.979. The van der Waals surface area contributed by atoms with Gasteiger partial charge in [0.25, 0.3) is 0 Å². The number of allylic oxidation sites excluding steroid dienone is 1. The van der Waals surface area contributed by atoms with Gasteiger partial charge in [0, 0.05) is 38.8 Å². The molecule has 2 N–H and O–H groups in total. The van der Waals surface area contributed by atoms with Gasteiger partial charge < -0.3 is 20.4 Å². The molecule has 0 spiro atoms. The molecule has 0 saturated carbocycles. The third-order valence-electron chi connectivity index (χ3n) is 5.52. The number of anilines is 3. The average Bonchev–Trinajstić information content (AvgIpc) is 2.84. The summed E-state index contributed by atoms with van der Waals surface area (Å²) in [5.74, 6) is -1.46. The minimum Gasteiger partial charge on any atom is -0.396 e. The second-order valence-corrected chi connectivity index (χ2v) is 8.45. The number of carbonyl (C=O) groups excluding carboxylic acids is 2. The predicted octanol–water partition coefficient (Wildman–Crippen LogP) is 4.19. The van der Waals surface area contributed by atoms with Crippen molar-refractivity contribution in [2.24, 2.45) is 0 Å². The van der Waals surface area contributed by atoms with E-state index in [4.69, 9.17) is 28.9 Å². The SMILES string of the molecule is C=CC(=O)N1CCN(c2ncnc(C=O)c2/C=C(\N(C)c2c(N)c(Cl)cc(Cl)c2F)C(F)(F)F)CC1. The fraction of sp³-hybridized carbons (Fsp3) is 0.273. The zero-order valence-electron chi connectivity index (χ0n) is 18.8. The highest BCUT2D eigenvalue weighted by Gasteiger charge is 2.39. The van der Waals surface area contributed by atoms with Crippen molar-refractivity contribution < 1.29 is 27.2 Å². The summed E-state index contributed by atoms with van der Waals surface area (Å²) in [5, 5.41) is -0.768. The predicted molar refractivity (Wildman–Crippen MR) is 130 cm³/mol. The molecule has 2 aromatic rings. The van der Waals surface area contributed by atoms with Crippen LogP contribution in [0.2, 0.25) is 10.0 Å². The number of aromatic nitrogens is 2. The quantitative estimate of drug-likeness (QED) is 0.191. The van der Waals surface area contributed by atoms with Crippen LogP contribution < -0.4 is 15.5 Å². The van der Waals surface area contributed by atoms with E-state index in [0.29, 0.717) is 11.0 Å². The summed E-state index contributed by atoms with van der Waals surface area (Å²) < 4.78 is 57.6. The molecule has 0 aliphatic carbocycles. The minimum atomic E-state index is -5.04. The van der Waals surface area contributed by atoms with Gasteiger partial charge in [-0.15, -0.1) is 0 Å². The molecule has 1 aromatic carbocycles. The van der Waals surface area contributed by atoms with E-state index in [-0.39, 0.29) is 60.5 Å².